The lowest BCUT2D eigenvalue weighted by Gasteiger charge is -2.08. The van der Waals surface area contributed by atoms with Gasteiger partial charge in [0, 0.05) is 6.54 Å². The fourth-order valence-electron chi connectivity index (χ4n) is 2.67. The molecule has 0 bridgehead atoms. The number of nitrogens with one attached hydrogen (secondary N) is 2. The maximum atomic E-state index is 13.6. The Labute approximate surface area is 149 Å². The molecule has 2 N–H and O–H groups in total. The second kappa shape index (κ2) is 7.51. The zero-order chi connectivity index (χ0) is 18.7. The number of carbonyl (C=O) groups is 2. The van der Waals surface area contributed by atoms with E-state index in [1.54, 1.807) is 19.2 Å². The summed E-state index contributed by atoms with van der Waals surface area (Å²) in [5.74, 6) is -2.85. The third-order valence-corrected chi connectivity index (χ3v) is 4.30. The van der Waals surface area contributed by atoms with Gasteiger partial charge in [-0.2, -0.15) is 0 Å². The lowest BCUT2D eigenvalue weighted by atomic mass is 10.2. The van der Waals surface area contributed by atoms with Gasteiger partial charge in [0.15, 0.2) is 0 Å². The minimum absolute atomic E-state index is 0.255. The van der Waals surface area contributed by atoms with Crippen molar-refractivity contribution in [2.24, 2.45) is 11.8 Å². The summed E-state index contributed by atoms with van der Waals surface area (Å²) in [4.78, 5) is 24.2. The van der Waals surface area contributed by atoms with Gasteiger partial charge in [-0.3, -0.25) is 9.59 Å². The molecule has 0 saturated heterocycles. The van der Waals surface area contributed by atoms with Crippen LogP contribution in [-0.4, -0.2) is 18.9 Å². The van der Waals surface area contributed by atoms with Crippen molar-refractivity contribution in [3.8, 4) is 5.75 Å². The van der Waals surface area contributed by atoms with Gasteiger partial charge in [0.2, 0.25) is 11.8 Å². The molecule has 7 heteroatoms. The molecule has 1 aliphatic carbocycles. The van der Waals surface area contributed by atoms with Crippen LogP contribution in [0.2, 0.25) is 0 Å². The van der Waals surface area contributed by atoms with Crippen molar-refractivity contribution < 1.29 is 23.1 Å². The molecule has 0 radical (unpaired) electrons. The van der Waals surface area contributed by atoms with E-state index in [2.05, 4.69) is 10.6 Å². The molecule has 0 heterocycles. The Morgan fingerprint density at radius 2 is 1.65 bits per heavy atom. The first kappa shape index (κ1) is 17.8. The van der Waals surface area contributed by atoms with Crippen LogP contribution in [0.15, 0.2) is 42.5 Å². The number of amides is 2. The highest BCUT2D eigenvalue weighted by Gasteiger charge is 2.48. The van der Waals surface area contributed by atoms with Crippen molar-refractivity contribution in [3.63, 3.8) is 0 Å². The van der Waals surface area contributed by atoms with Gasteiger partial charge in [-0.15, -0.1) is 0 Å². The minimum Gasteiger partial charge on any atom is -0.497 e. The van der Waals surface area contributed by atoms with Crippen LogP contribution >= 0.6 is 0 Å². The topological polar surface area (TPSA) is 67.4 Å². The third-order valence-electron chi connectivity index (χ3n) is 4.30. The predicted octanol–water partition coefficient (Wildman–Crippen LogP) is 2.86. The van der Waals surface area contributed by atoms with Crippen molar-refractivity contribution >= 4 is 17.5 Å². The van der Waals surface area contributed by atoms with Gasteiger partial charge in [-0.1, -0.05) is 18.2 Å². The van der Waals surface area contributed by atoms with Gasteiger partial charge in [0.1, 0.15) is 23.1 Å². The number of benzene rings is 2. The zero-order valence-corrected chi connectivity index (χ0v) is 14.1. The first-order valence-electron chi connectivity index (χ1n) is 8.15. The Balaban J connectivity index is 1.51. The summed E-state index contributed by atoms with van der Waals surface area (Å²) in [5.41, 5.74) is 0.413. The van der Waals surface area contributed by atoms with Gasteiger partial charge in [-0.25, -0.2) is 8.78 Å². The number of methoxy groups -OCH3 is 1. The van der Waals surface area contributed by atoms with Gasteiger partial charge < -0.3 is 15.4 Å². The first-order valence-corrected chi connectivity index (χ1v) is 8.15. The number of hydrogen-bond acceptors (Lipinski definition) is 3. The predicted molar refractivity (Wildman–Crippen MR) is 91.4 cm³/mol. The highest BCUT2D eigenvalue weighted by Crippen LogP contribution is 2.39. The van der Waals surface area contributed by atoms with Crippen LogP contribution < -0.4 is 15.4 Å². The number of hydrogen-bond donors (Lipinski definition) is 2. The van der Waals surface area contributed by atoms with Crippen molar-refractivity contribution in [3.05, 3.63) is 59.7 Å². The second-order valence-electron chi connectivity index (χ2n) is 6.10. The van der Waals surface area contributed by atoms with Crippen LogP contribution in [0.5, 0.6) is 5.75 Å². The molecule has 1 fully saturated rings. The molecule has 1 aliphatic rings. The molecule has 1 saturated carbocycles. The van der Waals surface area contributed by atoms with E-state index in [9.17, 15) is 18.4 Å². The van der Waals surface area contributed by atoms with Crippen molar-refractivity contribution in [2.45, 2.75) is 13.0 Å². The van der Waals surface area contributed by atoms with E-state index in [0.717, 1.165) is 23.4 Å². The Morgan fingerprint density at radius 3 is 2.27 bits per heavy atom. The van der Waals surface area contributed by atoms with Crippen LogP contribution in [0.4, 0.5) is 14.5 Å². The van der Waals surface area contributed by atoms with E-state index in [0.29, 0.717) is 13.0 Å². The summed E-state index contributed by atoms with van der Waals surface area (Å²) in [6.45, 7) is 0.329. The van der Waals surface area contributed by atoms with Crippen LogP contribution in [0.25, 0.3) is 0 Å². The van der Waals surface area contributed by atoms with Crippen molar-refractivity contribution in [1.29, 1.82) is 0 Å². The number of halogens is 2. The Bertz CT molecular complexity index is 804. The normalized spacial score (nSPS) is 18.1. The number of ether oxygens (including phenoxy) is 1. The molecule has 0 spiro atoms. The molecule has 2 aromatic rings. The molecule has 5 nitrogen and oxygen atoms in total. The van der Waals surface area contributed by atoms with Gasteiger partial charge in [0.05, 0.1) is 18.9 Å². The van der Waals surface area contributed by atoms with E-state index in [-0.39, 0.29) is 5.91 Å². The number of carbonyl (C=O) groups excluding carboxylic acids is 2. The Morgan fingerprint density at radius 1 is 1.04 bits per heavy atom. The number of anilines is 1. The molecular formula is C19H18F2N2O3. The fraction of sp³-hybridized carbons (Fsp3) is 0.263. The molecule has 0 aromatic heterocycles. The maximum absolute atomic E-state index is 13.6. The summed E-state index contributed by atoms with van der Waals surface area (Å²) in [6, 6.07) is 10.6. The number of para-hydroxylation sites is 1. The first-order chi connectivity index (χ1) is 12.5. The molecule has 2 unspecified atom stereocenters. The fourth-order valence-corrected chi connectivity index (χ4v) is 2.67. The SMILES string of the molecule is COc1ccc(CNC(=O)C2CC2C(=O)Nc2c(F)cccc2F)cc1. The Kier molecular flexibility index (Phi) is 5.16. The summed E-state index contributed by atoms with van der Waals surface area (Å²) in [7, 11) is 1.57. The molecule has 0 aliphatic heterocycles. The van der Waals surface area contributed by atoms with E-state index in [4.69, 9.17) is 4.74 Å². The van der Waals surface area contributed by atoms with Crippen LogP contribution in [0, 0.1) is 23.5 Å². The van der Waals surface area contributed by atoms with Crippen LogP contribution in [-0.2, 0) is 16.1 Å². The summed E-state index contributed by atoms with van der Waals surface area (Å²) in [6.07, 6.45) is 0.357. The summed E-state index contributed by atoms with van der Waals surface area (Å²) >= 11 is 0. The summed E-state index contributed by atoms with van der Waals surface area (Å²) in [5, 5.41) is 4.99. The monoisotopic (exact) mass is 360 g/mol. The average molecular weight is 360 g/mol. The molecule has 136 valence electrons. The van der Waals surface area contributed by atoms with Gasteiger partial charge >= 0.3 is 0 Å². The van der Waals surface area contributed by atoms with Crippen molar-refractivity contribution in [1.82, 2.24) is 5.32 Å². The zero-order valence-electron chi connectivity index (χ0n) is 14.1. The molecular weight excluding hydrogens is 342 g/mol. The molecule has 2 atom stereocenters. The second-order valence-corrected chi connectivity index (χ2v) is 6.10. The van der Waals surface area contributed by atoms with Crippen molar-refractivity contribution in [2.75, 3.05) is 12.4 Å². The van der Waals surface area contributed by atoms with Crippen LogP contribution in [0.1, 0.15) is 12.0 Å². The minimum atomic E-state index is -0.848. The quantitative estimate of drug-likeness (QED) is 0.832. The lowest BCUT2D eigenvalue weighted by molar-refractivity contribution is -0.125. The molecule has 2 aromatic carbocycles. The van der Waals surface area contributed by atoms with E-state index < -0.39 is 35.1 Å². The highest BCUT2D eigenvalue weighted by molar-refractivity contribution is 5.99. The van der Waals surface area contributed by atoms with Crippen LogP contribution in [0.3, 0.4) is 0 Å². The van der Waals surface area contributed by atoms with E-state index >= 15 is 0 Å². The molecule has 26 heavy (non-hydrogen) atoms. The lowest BCUT2D eigenvalue weighted by Crippen LogP contribution is -2.27. The number of rotatable bonds is 6. The largest absolute Gasteiger partial charge is 0.497 e. The van der Waals surface area contributed by atoms with Gasteiger partial charge in [0.25, 0.3) is 0 Å². The molecule has 2 amide bonds. The van der Waals surface area contributed by atoms with E-state index in [1.807, 2.05) is 12.1 Å². The Hall–Kier alpha value is -2.96. The van der Waals surface area contributed by atoms with E-state index in [1.165, 1.54) is 6.07 Å². The van der Waals surface area contributed by atoms with Gasteiger partial charge in [-0.05, 0) is 36.2 Å². The maximum Gasteiger partial charge on any atom is 0.228 e. The summed E-state index contributed by atoms with van der Waals surface area (Å²) < 4.78 is 32.2. The third kappa shape index (κ3) is 3.99. The highest BCUT2D eigenvalue weighted by atomic mass is 19.1. The standard InChI is InChI=1S/C19H18F2N2O3/c1-26-12-7-5-11(6-8-12)10-22-18(24)13-9-14(13)19(25)23-17-15(20)3-2-4-16(17)21/h2-8,13-14H,9-10H2,1H3,(H,22,24)(H,23,25). The molecule has 3 rings (SSSR count). The smallest absolute Gasteiger partial charge is 0.228 e. The average Bonchev–Trinajstić information content (AvgIpc) is 3.44.